The average molecular weight is 343 g/mol. The molecule has 25 heavy (non-hydrogen) atoms. The Bertz CT molecular complexity index is 1110. The number of carbonyl (C=O) groups is 1. The Morgan fingerprint density at radius 2 is 1.96 bits per heavy atom. The number of imidazole rings is 1. The topological polar surface area (TPSA) is 111 Å². The molecule has 0 aliphatic carbocycles. The van der Waals surface area contributed by atoms with Crippen molar-refractivity contribution < 1.29 is 9.90 Å². The Hall–Kier alpha value is -3.36. The van der Waals surface area contributed by atoms with Crippen LogP contribution in [0.4, 0.5) is 5.69 Å². The highest BCUT2D eigenvalue weighted by Crippen LogP contribution is 2.23. The first kappa shape index (κ1) is 16.5. The number of anilines is 1. The van der Waals surface area contributed by atoms with Crippen molar-refractivity contribution >= 4 is 22.8 Å². The van der Waals surface area contributed by atoms with Crippen molar-refractivity contribution in [3.8, 4) is 5.75 Å². The molecule has 2 N–H and O–H groups in total. The molecular weight excluding hydrogens is 326 g/mol. The summed E-state index contributed by atoms with van der Waals surface area (Å²) >= 11 is 0. The zero-order chi connectivity index (χ0) is 18.3. The summed E-state index contributed by atoms with van der Waals surface area (Å²) in [4.78, 5) is 40.6. The molecule has 0 saturated carbocycles. The highest BCUT2D eigenvalue weighted by atomic mass is 16.3. The van der Waals surface area contributed by atoms with E-state index in [1.165, 1.54) is 35.6 Å². The van der Waals surface area contributed by atoms with Gasteiger partial charge in [-0.05, 0) is 24.6 Å². The van der Waals surface area contributed by atoms with Crippen LogP contribution in [-0.2, 0) is 25.4 Å². The van der Waals surface area contributed by atoms with Gasteiger partial charge in [0, 0.05) is 14.1 Å². The molecular formula is C16H17N5O4. The van der Waals surface area contributed by atoms with E-state index in [1.807, 2.05) is 6.92 Å². The molecule has 1 amide bonds. The number of benzene rings is 1. The van der Waals surface area contributed by atoms with Crippen LogP contribution in [0.15, 0.2) is 34.1 Å². The number of hydrogen-bond donors (Lipinski definition) is 2. The van der Waals surface area contributed by atoms with Gasteiger partial charge in [0.1, 0.15) is 12.3 Å². The minimum absolute atomic E-state index is 0.0397. The Morgan fingerprint density at radius 1 is 1.24 bits per heavy atom. The number of amides is 1. The maximum absolute atomic E-state index is 12.3. The first-order chi connectivity index (χ1) is 11.8. The number of nitrogens with zero attached hydrogens (tertiary/aromatic N) is 4. The minimum Gasteiger partial charge on any atom is -0.506 e. The summed E-state index contributed by atoms with van der Waals surface area (Å²) in [6, 6.07) is 4.89. The van der Waals surface area contributed by atoms with Crippen LogP contribution in [0.2, 0.25) is 0 Å². The Labute approximate surface area is 141 Å². The fourth-order valence-electron chi connectivity index (χ4n) is 2.61. The normalized spacial score (nSPS) is 11.0. The van der Waals surface area contributed by atoms with Gasteiger partial charge in [0.05, 0.1) is 12.0 Å². The van der Waals surface area contributed by atoms with E-state index in [9.17, 15) is 19.5 Å². The maximum Gasteiger partial charge on any atom is 0.332 e. The number of fused-ring (bicyclic) bond motifs is 1. The van der Waals surface area contributed by atoms with Crippen LogP contribution < -0.4 is 16.6 Å². The fourth-order valence-corrected chi connectivity index (χ4v) is 2.61. The van der Waals surface area contributed by atoms with Crippen LogP contribution in [0.5, 0.6) is 5.75 Å². The molecule has 0 fully saturated rings. The molecule has 9 nitrogen and oxygen atoms in total. The highest BCUT2D eigenvalue weighted by molar-refractivity contribution is 5.92. The minimum atomic E-state index is -0.526. The summed E-state index contributed by atoms with van der Waals surface area (Å²) < 4.78 is 3.58. The van der Waals surface area contributed by atoms with E-state index in [4.69, 9.17) is 0 Å². The van der Waals surface area contributed by atoms with E-state index in [2.05, 4.69) is 10.3 Å². The standard InChI is InChI=1S/C16H17N5O4/c1-9-4-5-10(11(22)6-9)18-12(23)7-21-8-17-14-13(21)15(24)20(3)16(25)19(14)2/h4-6,8,22H,7H2,1-3H3,(H,18,23). The summed E-state index contributed by atoms with van der Waals surface area (Å²) in [7, 11) is 2.87. The molecule has 2 heterocycles. The zero-order valence-corrected chi connectivity index (χ0v) is 14.0. The van der Waals surface area contributed by atoms with Gasteiger partial charge in [-0.15, -0.1) is 0 Å². The lowest BCUT2D eigenvalue weighted by molar-refractivity contribution is -0.116. The van der Waals surface area contributed by atoms with Crippen molar-refractivity contribution in [1.29, 1.82) is 0 Å². The molecule has 130 valence electrons. The van der Waals surface area contributed by atoms with E-state index in [0.717, 1.165) is 10.1 Å². The van der Waals surface area contributed by atoms with Crippen molar-refractivity contribution in [3.63, 3.8) is 0 Å². The molecule has 9 heteroatoms. The van der Waals surface area contributed by atoms with Gasteiger partial charge in [0.25, 0.3) is 5.56 Å². The van der Waals surface area contributed by atoms with Gasteiger partial charge in [-0.2, -0.15) is 0 Å². The maximum atomic E-state index is 12.3. The SMILES string of the molecule is Cc1ccc(NC(=O)Cn2cnc3c2c(=O)n(C)c(=O)n3C)c(O)c1. The van der Waals surface area contributed by atoms with Gasteiger partial charge in [-0.25, -0.2) is 9.78 Å². The Kier molecular flexibility index (Phi) is 3.91. The van der Waals surface area contributed by atoms with Crippen molar-refractivity contribution in [2.24, 2.45) is 14.1 Å². The van der Waals surface area contributed by atoms with Gasteiger partial charge < -0.3 is 15.0 Å². The Balaban J connectivity index is 1.94. The molecule has 0 unspecified atom stereocenters. The molecule has 2 aromatic heterocycles. The molecule has 0 aliphatic rings. The van der Waals surface area contributed by atoms with Crippen LogP contribution in [-0.4, -0.2) is 29.7 Å². The first-order valence-corrected chi connectivity index (χ1v) is 7.50. The molecule has 1 aromatic carbocycles. The Morgan fingerprint density at radius 3 is 2.64 bits per heavy atom. The third-order valence-electron chi connectivity index (χ3n) is 3.96. The molecule has 0 atom stereocenters. The number of aromatic hydroxyl groups is 1. The molecule has 0 saturated heterocycles. The molecule has 0 bridgehead atoms. The van der Waals surface area contributed by atoms with Crippen molar-refractivity contribution in [3.05, 3.63) is 50.9 Å². The van der Waals surface area contributed by atoms with Crippen LogP contribution >= 0.6 is 0 Å². The lowest BCUT2D eigenvalue weighted by atomic mass is 10.2. The van der Waals surface area contributed by atoms with Gasteiger partial charge in [-0.1, -0.05) is 6.07 Å². The monoisotopic (exact) mass is 343 g/mol. The van der Waals surface area contributed by atoms with E-state index in [-0.39, 0.29) is 29.1 Å². The number of carbonyl (C=O) groups excluding carboxylic acids is 1. The lowest BCUT2D eigenvalue weighted by Gasteiger charge is -2.09. The predicted molar refractivity (Wildman–Crippen MR) is 91.7 cm³/mol. The summed E-state index contributed by atoms with van der Waals surface area (Å²) in [5.41, 5.74) is 0.492. The summed E-state index contributed by atoms with van der Waals surface area (Å²) in [5, 5.41) is 12.4. The number of rotatable bonds is 3. The smallest absolute Gasteiger partial charge is 0.332 e. The quantitative estimate of drug-likeness (QED) is 0.655. The number of phenols is 1. The van der Waals surface area contributed by atoms with E-state index >= 15 is 0 Å². The van der Waals surface area contributed by atoms with E-state index in [1.54, 1.807) is 12.1 Å². The third-order valence-corrected chi connectivity index (χ3v) is 3.96. The molecule has 0 aliphatic heterocycles. The van der Waals surface area contributed by atoms with Crippen molar-refractivity contribution in [1.82, 2.24) is 18.7 Å². The van der Waals surface area contributed by atoms with Gasteiger partial charge in [0.15, 0.2) is 11.2 Å². The second-order valence-electron chi connectivity index (χ2n) is 5.82. The van der Waals surface area contributed by atoms with Gasteiger partial charge in [0.2, 0.25) is 5.91 Å². The van der Waals surface area contributed by atoms with Gasteiger partial charge in [-0.3, -0.25) is 18.7 Å². The number of phenolic OH excluding ortho intramolecular Hbond substituents is 1. The lowest BCUT2D eigenvalue weighted by Crippen LogP contribution is -2.37. The molecule has 0 radical (unpaired) electrons. The fraction of sp³-hybridized carbons (Fsp3) is 0.250. The second-order valence-corrected chi connectivity index (χ2v) is 5.82. The van der Waals surface area contributed by atoms with Crippen LogP contribution in [0.3, 0.4) is 0 Å². The average Bonchev–Trinajstić information content (AvgIpc) is 2.97. The van der Waals surface area contributed by atoms with Crippen molar-refractivity contribution in [2.45, 2.75) is 13.5 Å². The number of nitrogens with one attached hydrogen (secondary N) is 1. The van der Waals surface area contributed by atoms with E-state index < -0.39 is 17.2 Å². The summed E-state index contributed by atoms with van der Waals surface area (Å²) in [6.45, 7) is 1.64. The van der Waals surface area contributed by atoms with Crippen LogP contribution in [0.1, 0.15) is 5.56 Å². The molecule has 3 rings (SSSR count). The largest absolute Gasteiger partial charge is 0.506 e. The second kappa shape index (κ2) is 5.93. The van der Waals surface area contributed by atoms with Crippen LogP contribution in [0.25, 0.3) is 11.2 Å². The van der Waals surface area contributed by atoms with E-state index in [0.29, 0.717) is 0 Å². The third kappa shape index (κ3) is 2.80. The zero-order valence-electron chi connectivity index (χ0n) is 14.0. The van der Waals surface area contributed by atoms with Gasteiger partial charge >= 0.3 is 5.69 Å². The number of aromatic nitrogens is 4. The number of aryl methyl sites for hydroxylation is 2. The summed E-state index contributed by atoms with van der Waals surface area (Å²) in [6.07, 6.45) is 1.33. The molecule has 3 aromatic rings. The number of hydrogen-bond acceptors (Lipinski definition) is 5. The predicted octanol–water partition coefficient (Wildman–Crippen LogP) is 0.0864. The molecule has 0 spiro atoms. The van der Waals surface area contributed by atoms with Crippen molar-refractivity contribution in [2.75, 3.05) is 5.32 Å². The summed E-state index contributed by atoms with van der Waals surface area (Å²) in [5.74, 6) is -0.475. The first-order valence-electron chi connectivity index (χ1n) is 7.50. The highest BCUT2D eigenvalue weighted by Gasteiger charge is 2.16. The van der Waals surface area contributed by atoms with Crippen LogP contribution in [0, 0.1) is 6.92 Å².